The molecule has 0 atom stereocenters. The van der Waals surface area contributed by atoms with Gasteiger partial charge in [-0.05, 0) is 29.3 Å². The van der Waals surface area contributed by atoms with E-state index in [1.165, 1.54) is 0 Å². The van der Waals surface area contributed by atoms with E-state index in [0.29, 0.717) is 33.8 Å². The van der Waals surface area contributed by atoms with Crippen LogP contribution in [0.25, 0.3) is 22.4 Å². The molecular formula is C21H7N7. The molecule has 0 saturated carbocycles. The zero-order chi connectivity index (χ0) is 19.7. The lowest BCUT2D eigenvalue weighted by molar-refractivity contribution is 1.13. The zero-order valence-electron chi connectivity index (χ0n) is 14.2. The number of hydrogen-bond acceptors (Lipinski definition) is 7. The minimum atomic E-state index is -0.105. The number of aliphatic imine (C=N–C) groups is 1. The summed E-state index contributed by atoms with van der Waals surface area (Å²) in [5.41, 5.74) is 4.54. The van der Waals surface area contributed by atoms with Crippen LogP contribution in [0.15, 0.2) is 47.5 Å². The largest absolute Gasteiger partial charge is 0.232 e. The minimum absolute atomic E-state index is 0.0748. The Kier molecular flexibility index (Phi) is 3.83. The van der Waals surface area contributed by atoms with Gasteiger partial charge in [-0.1, -0.05) is 24.3 Å². The van der Waals surface area contributed by atoms with E-state index in [9.17, 15) is 10.5 Å². The number of aromatic nitrogens is 2. The molecule has 0 saturated heterocycles. The average molecular weight is 357 g/mol. The Morgan fingerprint density at radius 1 is 0.679 bits per heavy atom. The lowest BCUT2D eigenvalue weighted by Crippen LogP contribution is -2.05. The van der Waals surface area contributed by atoms with Crippen molar-refractivity contribution in [3.8, 4) is 46.8 Å². The summed E-state index contributed by atoms with van der Waals surface area (Å²) in [5.74, 6) is 0. The molecule has 4 rings (SSSR count). The summed E-state index contributed by atoms with van der Waals surface area (Å²) in [6.45, 7) is 0. The fraction of sp³-hybridized carbons (Fsp3) is 0. The molecule has 126 valence electrons. The van der Waals surface area contributed by atoms with E-state index in [0.717, 1.165) is 11.1 Å². The number of benzene rings is 2. The number of nitriles is 4. The minimum Gasteiger partial charge on any atom is -0.232 e. The van der Waals surface area contributed by atoms with Crippen LogP contribution in [0.1, 0.15) is 28.2 Å². The Bertz CT molecular complexity index is 1340. The summed E-state index contributed by atoms with van der Waals surface area (Å²) in [5, 5.41) is 36.5. The Morgan fingerprint density at radius 3 is 1.93 bits per heavy atom. The zero-order valence-corrected chi connectivity index (χ0v) is 14.2. The van der Waals surface area contributed by atoms with Crippen LogP contribution in [-0.2, 0) is 0 Å². The van der Waals surface area contributed by atoms with Gasteiger partial charge >= 0.3 is 0 Å². The maximum absolute atomic E-state index is 9.27. The van der Waals surface area contributed by atoms with E-state index in [1.807, 2.05) is 36.4 Å². The maximum atomic E-state index is 9.27. The smallest absolute Gasteiger partial charge is 0.206 e. The van der Waals surface area contributed by atoms with Gasteiger partial charge in [0.05, 0.1) is 11.6 Å². The van der Waals surface area contributed by atoms with E-state index in [1.54, 1.807) is 24.4 Å². The van der Waals surface area contributed by atoms with Gasteiger partial charge in [-0.2, -0.15) is 26.0 Å². The maximum Gasteiger partial charge on any atom is 0.206 e. The highest BCUT2D eigenvalue weighted by Crippen LogP contribution is 2.38. The second-order valence-corrected chi connectivity index (χ2v) is 5.85. The summed E-state index contributed by atoms with van der Waals surface area (Å²) in [6.07, 6.45) is 1.76. The molecule has 1 aliphatic rings. The van der Waals surface area contributed by atoms with Gasteiger partial charge in [0.1, 0.15) is 29.2 Å². The molecule has 0 spiro atoms. The summed E-state index contributed by atoms with van der Waals surface area (Å²) in [4.78, 5) is 12.4. The van der Waals surface area contributed by atoms with Gasteiger partial charge < -0.3 is 0 Å². The van der Waals surface area contributed by atoms with Gasteiger partial charge in [0.2, 0.25) is 6.19 Å². The molecule has 1 aliphatic carbocycles. The Balaban J connectivity index is 1.95. The third kappa shape index (κ3) is 2.45. The van der Waals surface area contributed by atoms with E-state index in [-0.39, 0.29) is 11.4 Å². The van der Waals surface area contributed by atoms with Crippen molar-refractivity contribution in [1.82, 2.24) is 9.97 Å². The molecule has 0 unspecified atom stereocenters. The van der Waals surface area contributed by atoms with Crippen LogP contribution < -0.4 is 0 Å². The highest BCUT2D eigenvalue weighted by molar-refractivity contribution is 6.23. The Morgan fingerprint density at radius 2 is 1.32 bits per heavy atom. The molecule has 0 radical (unpaired) electrons. The highest BCUT2D eigenvalue weighted by atomic mass is 14.9. The first-order valence-corrected chi connectivity index (χ1v) is 8.05. The molecule has 7 heteroatoms. The number of rotatable bonds is 1. The van der Waals surface area contributed by atoms with Gasteiger partial charge in [-0.3, -0.25) is 0 Å². The van der Waals surface area contributed by atoms with Crippen molar-refractivity contribution in [2.24, 2.45) is 4.99 Å². The van der Waals surface area contributed by atoms with Crippen LogP contribution in [0.4, 0.5) is 0 Å². The third-order valence-corrected chi connectivity index (χ3v) is 4.37. The van der Waals surface area contributed by atoms with Crippen LogP contribution in [0.2, 0.25) is 0 Å². The molecule has 1 heterocycles. The van der Waals surface area contributed by atoms with Crippen LogP contribution in [0.3, 0.4) is 0 Å². The van der Waals surface area contributed by atoms with Gasteiger partial charge in [-0.25, -0.2) is 9.97 Å². The van der Waals surface area contributed by atoms with Gasteiger partial charge in [0.15, 0.2) is 11.4 Å². The molecule has 28 heavy (non-hydrogen) atoms. The molecule has 0 N–H and O–H groups in total. The lowest BCUT2D eigenvalue weighted by atomic mass is 9.99. The van der Waals surface area contributed by atoms with Crippen LogP contribution in [-0.4, -0.2) is 15.7 Å². The van der Waals surface area contributed by atoms with E-state index in [4.69, 9.17) is 10.5 Å². The van der Waals surface area contributed by atoms with Crippen molar-refractivity contribution in [1.29, 1.82) is 21.0 Å². The predicted molar refractivity (Wildman–Crippen MR) is 98.3 cm³/mol. The van der Waals surface area contributed by atoms with E-state index in [2.05, 4.69) is 21.0 Å². The Hall–Kier alpha value is -4.85. The molecule has 1 aromatic heterocycles. The summed E-state index contributed by atoms with van der Waals surface area (Å²) in [6, 6.07) is 18.5. The molecular weight excluding hydrogens is 350 g/mol. The molecule has 2 aromatic carbocycles. The quantitative estimate of drug-likeness (QED) is 0.481. The fourth-order valence-electron chi connectivity index (χ4n) is 3.10. The summed E-state index contributed by atoms with van der Waals surface area (Å²) in [7, 11) is 0. The van der Waals surface area contributed by atoms with E-state index < -0.39 is 0 Å². The highest BCUT2D eigenvalue weighted by Gasteiger charge is 2.30. The molecule has 3 aromatic rings. The number of hydrogen-bond donors (Lipinski definition) is 0. The predicted octanol–water partition coefficient (Wildman–Crippen LogP) is 3.06. The SMILES string of the molecule is N#CN=C1c2ccc(-c3ccc(C#N)cc3)cc2-c2nc(C#N)c(C#N)nc21. The monoisotopic (exact) mass is 357 g/mol. The lowest BCUT2D eigenvalue weighted by Gasteiger charge is -2.06. The van der Waals surface area contributed by atoms with Crippen molar-refractivity contribution >= 4 is 5.71 Å². The third-order valence-electron chi connectivity index (χ3n) is 4.37. The van der Waals surface area contributed by atoms with Gasteiger partial charge in [0, 0.05) is 11.1 Å². The first-order chi connectivity index (χ1) is 13.7. The van der Waals surface area contributed by atoms with Crippen LogP contribution in [0.5, 0.6) is 0 Å². The van der Waals surface area contributed by atoms with E-state index >= 15 is 0 Å². The summed E-state index contributed by atoms with van der Waals surface area (Å²) >= 11 is 0. The first kappa shape index (κ1) is 16.6. The standard InChI is InChI=1S/C21H7N7/c22-8-12-1-3-13(4-2-12)14-5-6-15-16(7-14)20-21(19(15)26-11-25)28-18(10-24)17(9-23)27-20/h1-7H. The van der Waals surface area contributed by atoms with Crippen molar-refractivity contribution in [2.45, 2.75) is 0 Å². The number of nitrogens with zero attached hydrogens (tertiary/aromatic N) is 7. The summed E-state index contributed by atoms with van der Waals surface area (Å²) < 4.78 is 0. The van der Waals surface area contributed by atoms with Gasteiger partial charge in [0.25, 0.3) is 0 Å². The first-order valence-electron chi connectivity index (χ1n) is 8.05. The van der Waals surface area contributed by atoms with Crippen molar-refractivity contribution < 1.29 is 0 Å². The Labute approximate surface area is 159 Å². The van der Waals surface area contributed by atoms with Crippen LogP contribution >= 0.6 is 0 Å². The molecule has 0 bridgehead atoms. The average Bonchev–Trinajstić information content (AvgIpc) is 3.05. The molecule has 0 fully saturated rings. The van der Waals surface area contributed by atoms with Gasteiger partial charge in [-0.15, -0.1) is 0 Å². The van der Waals surface area contributed by atoms with Crippen molar-refractivity contribution in [2.75, 3.05) is 0 Å². The second kappa shape index (κ2) is 6.46. The van der Waals surface area contributed by atoms with Crippen molar-refractivity contribution in [3.05, 3.63) is 70.7 Å². The second-order valence-electron chi connectivity index (χ2n) is 5.85. The molecule has 7 nitrogen and oxygen atoms in total. The van der Waals surface area contributed by atoms with Crippen molar-refractivity contribution in [3.63, 3.8) is 0 Å². The van der Waals surface area contributed by atoms with Crippen LogP contribution in [0, 0.1) is 45.4 Å². The number of fused-ring (bicyclic) bond motifs is 3. The molecule has 0 amide bonds. The fourth-order valence-corrected chi connectivity index (χ4v) is 3.10. The molecule has 0 aliphatic heterocycles. The normalized spacial score (nSPS) is 12.2. The topological polar surface area (TPSA) is 133 Å².